The summed E-state index contributed by atoms with van der Waals surface area (Å²) in [6, 6.07) is 15.8. The van der Waals surface area contributed by atoms with Crippen molar-refractivity contribution in [2.45, 2.75) is 43.9 Å². The number of rotatable bonds is 7. The van der Waals surface area contributed by atoms with Crippen LogP contribution in [-0.4, -0.2) is 39.8 Å². The number of oxazole rings is 1. The molecule has 0 N–H and O–H groups in total. The minimum absolute atomic E-state index is 0.155. The lowest BCUT2D eigenvalue weighted by atomic mass is 10.0. The maximum Gasteiger partial charge on any atom is 0.256 e. The van der Waals surface area contributed by atoms with Gasteiger partial charge in [-0.1, -0.05) is 30.8 Å². The molecule has 4 aromatic rings. The van der Waals surface area contributed by atoms with Gasteiger partial charge in [0.05, 0.1) is 0 Å². The zero-order chi connectivity index (χ0) is 21.2. The normalized spacial score (nSPS) is 15.9. The number of nitrogens with zero attached hydrogens (tertiary/aromatic N) is 3. The van der Waals surface area contributed by atoms with E-state index in [2.05, 4.69) is 27.4 Å². The molecule has 0 amide bonds. The molecule has 1 aliphatic rings. The Labute approximate surface area is 186 Å². The Balaban J connectivity index is 1.13. The molecule has 1 aliphatic heterocycles. The Hall–Kier alpha value is -2.31. The lowest BCUT2D eigenvalue weighted by molar-refractivity contribution is 0.188. The van der Waals surface area contributed by atoms with E-state index in [0.717, 1.165) is 72.8 Å². The molecular formula is C25H28FN3OS. The molecule has 0 atom stereocenters. The fraction of sp³-hybridized carbons (Fsp3) is 0.400. The lowest BCUT2D eigenvalue weighted by Gasteiger charge is -2.34. The number of aryl methyl sites for hydroxylation is 1. The first-order valence-electron chi connectivity index (χ1n) is 11.2. The van der Waals surface area contributed by atoms with Crippen molar-refractivity contribution in [2.75, 3.05) is 25.4 Å². The first-order chi connectivity index (χ1) is 15.2. The molecule has 0 aliphatic carbocycles. The number of hydrogen-bond acceptors (Lipinski definition) is 4. The van der Waals surface area contributed by atoms with E-state index in [1.807, 2.05) is 30.3 Å². The second-order valence-electron chi connectivity index (χ2n) is 8.28. The average molecular weight is 438 g/mol. The summed E-state index contributed by atoms with van der Waals surface area (Å²) in [5, 5.41) is 1.79. The third-order valence-corrected chi connectivity index (χ3v) is 7.20. The number of halogens is 1. The van der Waals surface area contributed by atoms with Crippen LogP contribution in [0.3, 0.4) is 0 Å². The molecule has 162 valence electrons. The number of benzene rings is 2. The van der Waals surface area contributed by atoms with Gasteiger partial charge in [-0.05, 0) is 68.6 Å². The topological polar surface area (TPSA) is 34.2 Å². The van der Waals surface area contributed by atoms with Gasteiger partial charge in [0.15, 0.2) is 5.58 Å². The van der Waals surface area contributed by atoms with Crippen LogP contribution in [0.25, 0.3) is 22.0 Å². The van der Waals surface area contributed by atoms with Crippen LogP contribution in [0, 0.1) is 5.82 Å². The predicted octanol–water partition coefficient (Wildman–Crippen LogP) is 6.30. The molecule has 0 spiro atoms. The first kappa shape index (κ1) is 20.6. The van der Waals surface area contributed by atoms with Crippen LogP contribution in [0.2, 0.25) is 0 Å². The van der Waals surface area contributed by atoms with Crippen LogP contribution in [0.15, 0.2) is 58.2 Å². The predicted molar refractivity (Wildman–Crippen MR) is 125 cm³/mol. The molecule has 2 aromatic heterocycles. The van der Waals surface area contributed by atoms with Gasteiger partial charge in [0.2, 0.25) is 0 Å². The Kier molecular flexibility index (Phi) is 6.01. The second kappa shape index (κ2) is 9.05. The van der Waals surface area contributed by atoms with Crippen LogP contribution >= 0.6 is 11.8 Å². The molecule has 3 heterocycles. The van der Waals surface area contributed by atoms with E-state index in [1.165, 1.54) is 11.2 Å². The third-order valence-electron chi connectivity index (χ3n) is 6.28. The number of likely N-dealkylation sites (tertiary alicyclic amines) is 1. The highest BCUT2D eigenvalue weighted by Gasteiger charge is 2.23. The van der Waals surface area contributed by atoms with E-state index < -0.39 is 0 Å². The van der Waals surface area contributed by atoms with Crippen LogP contribution in [0.1, 0.15) is 37.9 Å². The van der Waals surface area contributed by atoms with E-state index in [4.69, 9.17) is 4.42 Å². The third kappa shape index (κ3) is 4.37. The van der Waals surface area contributed by atoms with Crippen molar-refractivity contribution in [3.05, 3.63) is 60.0 Å². The van der Waals surface area contributed by atoms with Crippen molar-refractivity contribution < 1.29 is 8.81 Å². The Bertz CT molecular complexity index is 1140. The molecule has 2 aromatic carbocycles. The summed E-state index contributed by atoms with van der Waals surface area (Å²) in [5.41, 5.74) is 4.28. The SMILES string of the molecule is CCc1cc2cc(F)ccc2n1C1CCN(CCCSc2nc3ccccc3o2)CC1. The number of hydrogen-bond donors (Lipinski definition) is 0. The van der Waals surface area contributed by atoms with Crippen LogP contribution < -0.4 is 0 Å². The number of thioether (sulfide) groups is 1. The fourth-order valence-corrected chi connectivity index (χ4v) is 5.49. The summed E-state index contributed by atoms with van der Waals surface area (Å²) in [5.74, 6) is 0.860. The molecule has 1 saturated heterocycles. The van der Waals surface area contributed by atoms with Gasteiger partial charge in [0, 0.05) is 41.5 Å². The van der Waals surface area contributed by atoms with E-state index in [1.54, 1.807) is 23.9 Å². The summed E-state index contributed by atoms with van der Waals surface area (Å²) in [7, 11) is 0. The minimum Gasteiger partial charge on any atom is -0.431 e. The van der Waals surface area contributed by atoms with Crippen molar-refractivity contribution in [3.63, 3.8) is 0 Å². The van der Waals surface area contributed by atoms with Crippen molar-refractivity contribution in [1.82, 2.24) is 14.5 Å². The Morgan fingerprint density at radius 3 is 2.77 bits per heavy atom. The van der Waals surface area contributed by atoms with E-state index >= 15 is 0 Å². The summed E-state index contributed by atoms with van der Waals surface area (Å²) < 4.78 is 21.9. The zero-order valence-corrected chi connectivity index (χ0v) is 18.7. The highest BCUT2D eigenvalue weighted by atomic mass is 32.2. The van der Waals surface area contributed by atoms with Gasteiger partial charge in [-0.2, -0.15) is 0 Å². The monoisotopic (exact) mass is 437 g/mol. The van der Waals surface area contributed by atoms with Gasteiger partial charge in [0.25, 0.3) is 5.22 Å². The van der Waals surface area contributed by atoms with Gasteiger partial charge in [0.1, 0.15) is 11.3 Å². The van der Waals surface area contributed by atoms with Gasteiger partial charge < -0.3 is 13.9 Å². The molecule has 6 heteroatoms. The summed E-state index contributed by atoms with van der Waals surface area (Å²) in [4.78, 5) is 7.11. The van der Waals surface area contributed by atoms with Gasteiger partial charge >= 0.3 is 0 Å². The average Bonchev–Trinajstić information content (AvgIpc) is 3.37. The molecule has 1 fully saturated rings. The largest absolute Gasteiger partial charge is 0.431 e. The number of fused-ring (bicyclic) bond motifs is 2. The van der Waals surface area contributed by atoms with Gasteiger partial charge in [-0.15, -0.1) is 0 Å². The number of piperidine rings is 1. The summed E-state index contributed by atoms with van der Waals surface area (Å²) >= 11 is 1.70. The van der Waals surface area contributed by atoms with Crippen LogP contribution in [-0.2, 0) is 6.42 Å². The van der Waals surface area contributed by atoms with Gasteiger partial charge in [-0.3, -0.25) is 0 Å². The number of aromatic nitrogens is 2. The molecule has 31 heavy (non-hydrogen) atoms. The van der Waals surface area contributed by atoms with Crippen LogP contribution in [0.4, 0.5) is 4.39 Å². The maximum absolute atomic E-state index is 13.7. The zero-order valence-electron chi connectivity index (χ0n) is 17.9. The summed E-state index contributed by atoms with van der Waals surface area (Å²) in [6.07, 6.45) is 4.39. The van der Waals surface area contributed by atoms with Crippen molar-refractivity contribution in [3.8, 4) is 0 Å². The summed E-state index contributed by atoms with van der Waals surface area (Å²) in [6.45, 7) is 5.52. The molecule has 0 radical (unpaired) electrons. The Morgan fingerprint density at radius 1 is 1.13 bits per heavy atom. The second-order valence-corrected chi connectivity index (χ2v) is 9.33. The Morgan fingerprint density at radius 2 is 1.97 bits per heavy atom. The maximum atomic E-state index is 13.7. The molecule has 4 nitrogen and oxygen atoms in total. The van der Waals surface area contributed by atoms with E-state index in [9.17, 15) is 4.39 Å². The van der Waals surface area contributed by atoms with Crippen LogP contribution in [0.5, 0.6) is 0 Å². The quantitative estimate of drug-likeness (QED) is 0.251. The first-order valence-corrected chi connectivity index (χ1v) is 12.2. The molecule has 0 saturated carbocycles. The molecule has 0 unspecified atom stereocenters. The standard InChI is InChI=1S/C25H28FN3OS/c1-2-20-17-18-16-19(26)8-9-23(18)29(20)21-10-13-28(14-11-21)12-5-15-31-25-27-22-6-3-4-7-24(22)30-25/h3-4,6-9,16-17,21H,2,5,10-15H2,1H3. The lowest BCUT2D eigenvalue weighted by Crippen LogP contribution is -2.35. The fourth-order valence-electron chi connectivity index (χ4n) is 4.73. The molecule has 5 rings (SSSR count). The number of para-hydroxylation sites is 2. The molecular weight excluding hydrogens is 409 g/mol. The minimum atomic E-state index is -0.155. The van der Waals surface area contributed by atoms with Crippen molar-refractivity contribution in [1.29, 1.82) is 0 Å². The van der Waals surface area contributed by atoms with Crippen molar-refractivity contribution in [2.24, 2.45) is 0 Å². The van der Waals surface area contributed by atoms with E-state index in [0.29, 0.717) is 6.04 Å². The smallest absolute Gasteiger partial charge is 0.256 e. The van der Waals surface area contributed by atoms with Crippen molar-refractivity contribution >= 4 is 33.8 Å². The highest BCUT2D eigenvalue weighted by molar-refractivity contribution is 7.99. The van der Waals surface area contributed by atoms with Gasteiger partial charge in [-0.25, -0.2) is 9.37 Å². The van der Waals surface area contributed by atoms with E-state index in [-0.39, 0.29) is 5.82 Å². The highest BCUT2D eigenvalue weighted by Crippen LogP contribution is 2.31. The molecule has 0 bridgehead atoms.